The first-order valence-corrected chi connectivity index (χ1v) is 7.15. The van der Waals surface area contributed by atoms with Gasteiger partial charge in [-0.1, -0.05) is 6.42 Å². The summed E-state index contributed by atoms with van der Waals surface area (Å²) in [5.41, 5.74) is 0. The van der Waals surface area contributed by atoms with Gasteiger partial charge in [0.25, 0.3) is 0 Å². The Morgan fingerprint density at radius 1 is 1.50 bits per heavy atom. The number of hydrogen-bond donors (Lipinski definition) is 0. The Bertz CT molecular complexity index is 301. The van der Waals surface area contributed by atoms with Gasteiger partial charge in [-0.25, -0.2) is 4.98 Å². The average Bonchev–Trinajstić information content (AvgIpc) is 2.96. The molecule has 1 aliphatic rings. The summed E-state index contributed by atoms with van der Waals surface area (Å²) in [5.74, 6) is 0. The van der Waals surface area contributed by atoms with Crippen LogP contribution in [0.1, 0.15) is 19.3 Å². The van der Waals surface area contributed by atoms with Gasteiger partial charge < -0.3 is 4.90 Å². The summed E-state index contributed by atoms with van der Waals surface area (Å²) in [7, 11) is 2.23. The first-order chi connectivity index (χ1) is 7.81. The lowest BCUT2D eigenvalue weighted by molar-refractivity contribution is 0.237. The van der Waals surface area contributed by atoms with E-state index in [9.17, 15) is 0 Å². The molecule has 0 radical (unpaired) electrons. The maximum absolute atomic E-state index is 4.13. The number of nitrogens with zero attached hydrogens (tertiary/aromatic N) is 4. The summed E-state index contributed by atoms with van der Waals surface area (Å²) in [6, 6.07) is 0.749. The Morgan fingerprint density at radius 2 is 2.38 bits per heavy atom. The van der Waals surface area contributed by atoms with Gasteiger partial charge in [-0.15, -0.1) is 0 Å². The van der Waals surface area contributed by atoms with Crippen molar-refractivity contribution in [2.24, 2.45) is 0 Å². The Kier molecular flexibility index (Phi) is 4.23. The van der Waals surface area contributed by atoms with Crippen LogP contribution in [0.15, 0.2) is 12.7 Å². The first-order valence-electron chi connectivity index (χ1n) is 5.86. The fourth-order valence-corrected chi connectivity index (χ4v) is 3.52. The van der Waals surface area contributed by atoms with Crippen LogP contribution in [0.25, 0.3) is 0 Å². The topological polar surface area (TPSA) is 34.0 Å². The van der Waals surface area contributed by atoms with Crippen LogP contribution in [-0.4, -0.2) is 50.8 Å². The molecule has 0 N–H and O–H groups in total. The van der Waals surface area contributed by atoms with Gasteiger partial charge in [0.2, 0.25) is 0 Å². The monoisotopic (exact) mass is 240 g/mol. The minimum absolute atomic E-state index is 0.749. The van der Waals surface area contributed by atoms with Crippen LogP contribution in [0.4, 0.5) is 0 Å². The molecule has 90 valence electrons. The van der Waals surface area contributed by atoms with Gasteiger partial charge in [-0.05, 0) is 26.1 Å². The second-order valence-corrected chi connectivity index (χ2v) is 5.49. The lowest BCUT2D eigenvalue weighted by Crippen LogP contribution is -2.38. The molecule has 1 aromatic heterocycles. The molecular formula is C11H20N4S. The van der Waals surface area contributed by atoms with Crippen molar-refractivity contribution in [1.29, 1.82) is 0 Å². The number of likely N-dealkylation sites (N-methyl/N-ethyl adjacent to an activating group) is 1. The fourth-order valence-electron chi connectivity index (χ4n) is 2.46. The van der Waals surface area contributed by atoms with Crippen molar-refractivity contribution in [2.45, 2.75) is 37.1 Å². The van der Waals surface area contributed by atoms with Crippen molar-refractivity contribution in [2.75, 3.05) is 19.8 Å². The lowest BCUT2D eigenvalue weighted by Gasteiger charge is -2.28. The van der Waals surface area contributed by atoms with E-state index < -0.39 is 0 Å². The van der Waals surface area contributed by atoms with E-state index in [1.165, 1.54) is 19.3 Å². The van der Waals surface area contributed by atoms with Crippen LogP contribution in [0.2, 0.25) is 0 Å². The van der Waals surface area contributed by atoms with Crippen LogP contribution in [0, 0.1) is 0 Å². The van der Waals surface area contributed by atoms with Crippen molar-refractivity contribution in [3.8, 4) is 0 Å². The summed E-state index contributed by atoms with van der Waals surface area (Å²) >= 11 is 2.02. The maximum Gasteiger partial charge on any atom is 0.137 e. The van der Waals surface area contributed by atoms with Crippen molar-refractivity contribution < 1.29 is 0 Å². The van der Waals surface area contributed by atoms with Crippen molar-refractivity contribution >= 4 is 11.8 Å². The molecule has 1 fully saturated rings. The van der Waals surface area contributed by atoms with Crippen LogP contribution in [-0.2, 0) is 6.54 Å². The van der Waals surface area contributed by atoms with E-state index in [-0.39, 0.29) is 0 Å². The molecule has 0 amide bonds. The molecule has 0 bridgehead atoms. The van der Waals surface area contributed by atoms with E-state index in [0.29, 0.717) is 0 Å². The molecule has 0 spiro atoms. The zero-order chi connectivity index (χ0) is 11.4. The highest BCUT2D eigenvalue weighted by Gasteiger charge is 2.29. The molecule has 0 aromatic carbocycles. The molecule has 2 atom stereocenters. The Morgan fingerprint density at radius 3 is 3.06 bits per heavy atom. The predicted octanol–water partition coefficient (Wildman–Crippen LogP) is 1.49. The number of aromatic nitrogens is 3. The highest BCUT2D eigenvalue weighted by Crippen LogP contribution is 2.31. The quantitative estimate of drug-likeness (QED) is 0.781. The minimum atomic E-state index is 0.749. The summed E-state index contributed by atoms with van der Waals surface area (Å²) in [6.45, 7) is 2.00. The zero-order valence-electron chi connectivity index (χ0n) is 10.0. The summed E-state index contributed by atoms with van der Waals surface area (Å²) in [6.07, 6.45) is 9.71. The Hall–Kier alpha value is -0.550. The van der Waals surface area contributed by atoms with Crippen LogP contribution < -0.4 is 0 Å². The van der Waals surface area contributed by atoms with E-state index in [0.717, 1.165) is 24.4 Å². The smallest absolute Gasteiger partial charge is 0.137 e. The van der Waals surface area contributed by atoms with Crippen LogP contribution in [0.5, 0.6) is 0 Å². The van der Waals surface area contributed by atoms with Crippen molar-refractivity contribution in [3.05, 3.63) is 12.7 Å². The van der Waals surface area contributed by atoms with E-state index in [4.69, 9.17) is 0 Å². The van der Waals surface area contributed by atoms with Gasteiger partial charge >= 0.3 is 0 Å². The highest BCUT2D eigenvalue weighted by molar-refractivity contribution is 7.99. The molecule has 1 heterocycles. The van der Waals surface area contributed by atoms with Crippen LogP contribution in [0.3, 0.4) is 0 Å². The Balaban J connectivity index is 1.81. The molecule has 1 aromatic rings. The van der Waals surface area contributed by atoms with Gasteiger partial charge in [-0.2, -0.15) is 16.9 Å². The minimum Gasteiger partial charge on any atom is -0.300 e. The van der Waals surface area contributed by atoms with Gasteiger partial charge in [0.05, 0.1) is 6.54 Å². The number of rotatable bonds is 5. The SMILES string of the molecule is CSC1CCCC1N(C)CCn1cncn1. The van der Waals surface area contributed by atoms with Crippen molar-refractivity contribution in [3.63, 3.8) is 0 Å². The largest absolute Gasteiger partial charge is 0.300 e. The second-order valence-electron chi connectivity index (χ2n) is 4.41. The number of thioether (sulfide) groups is 1. The molecule has 16 heavy (non-hydrogen) atoms. The molecular weight excluding hydrogens is 220 g/mol. The highest BCUT2D eigenvalue weighted by atomic mass is 32.2. The molecule has 2 rings (SSSR count). The maximum atomic E-state index is 4.13. The van der Waals surface area contributed by atoms with E-state index >= 15 is 0 Å². The standard InChI is InChI=1S/C11H20N4S/c1-14(6-7-15-9-12-8-13-15)10-4-3-5-11(10)16-2/h8-11H,3-7H2,1-2H3. The second kappa shape index (κ2) is 5.68. The molecule has 0 aliphatic heterocycles. The molecule has 0 saturated heterocycles. The first kappa shape index (κ1) is 11.9. The average molecular weight is 240 g/mol. The fraction of sp³-hybridized carbons (Fsp3) is 0.818. The summed E-state index contributed by atoms with van der Waals surface area (Å²) in [5, 5.41) is 4.95. The zero-order valence-corrected chi connectivity index (χ0v) is 10.9. The van der Waals surface area contributed by atoms with Gasteiger partial charge in [0.1, 0.15) is 12.7 Å². The van der Waals surface area contributed by atoms with E-state index in [1.54, 1.807) is 12.7 Å². The molecule has 2 unspecified atom stereocenters. The van der Waals surface area contributed by atoms with E-state index in [1.807, 2.05) is 16.4 Å². The van der Waals surface area contributed by atoms with Gasteiger partial charge in [0, 0.05) is 17.8 Å². The third-order valence-corrected chi connectivity index (χ3v) is 4.59. The normalized spacial score (nSPS) is 25.4. The third-order valence-electron chi connectivity index (χ3n) is 3.43. The van der Waals surface area contributed by atoms with Crippen LogP contribution >= 0.6 is 11.8 Å². The third kappa shape index (κ3) is 2.77. The number of hydrogen-bond acceptors (Lipinski definition) is 4. The van der Waals surface area contributed by atoms with Gasteiger partial charge in [0.15, 0.2) is 0 Å². The van der Waals surface area contributed by atoms with E-state index in [2.05, 4.69) is 28.3 Å². The predicted molar refractivity (Wildman–Crippen MR) is 67.6 cm³/mol. The lowest BCUT2D eigenvalue weighted by atomic mass is 10.2. The summed E-state index contributed by atoms with van der Waals surface area (Å²) in [4.78, 5) is 6.44. The van der Waals surface area contributed by atoms with Crippen molar-refractivity contribution in [1.82, 2.24) is 19.7 Å². The summed E-state index contributed by atoms with van der Waals surface area (Å²) < 4.78 is 1.90. The molecule has 5 heteroatoms. The Labute approximate surface area is 101 Å². The van der Waals surface area contributed by atoms with Gasteiger partial charge in [-0.3, -0.25) is 4.68 Å². The molecule has 1 aliphatic carbocycles. The molecule has 1 saturated carbocycles. The molecule has 4 nitrogen and oxygen atoms in total.